The predicted molar refractivity (Wildman–Crippen MR) is 106 cm³/mol. The molecule has 2 N–H and O–H groups in total. The summed E-state index contributed by atoms with van der Waals surface area (Å²) in [6.07, 6.45) is 0.932. The number of carboxylic acid groups (broad SMARTS) is 1. The van der Waals surface area contributed by atoms with Gasteiger partial charge in [-0.2, -0.15) is 4.68 Å². The number of hydrogen-bond donors (Lipinski definition) is 2. The van der Waals surface area contributed by atoms with Crippen molar-refractivity contribution >= 4 is 40.9 Å². The number of hydrogen-bond acceptors (Lipinski definition) is 6. The molecular weight excluding hydrogens is 402 g/mol. The topological polar surface area (TPSA) is 110 Å². The number of aryl methyl sites for hydroxylation is 1. The minimum atomic E-state index is -1.15. The first-order valence-electron chi connectivity index (χ1n) is 8.31. The van der Waals surface area contributed by atoms with E-state index in [1.54, 1.807) is 6.07 Å². The SMILES string of the molecule is CCc1ccc(NC(=O)CSc2nnnn2-c2ccc(Cl)c(C(=O)O)c2)cc1. The Hall–Kier alpha value is -2.91. The van der Waals surface area contributed by atoms with Crippen LogP contribution in [0, 0.1) is 0 Å². The van der Waals surface area contributed by atoms with Crippen molar-refractivity contribution in [3.05, 3.63) is 58.6 Å². The fourth-order valence-corrected chi connectivity index (χ4v) is 3.28. The van der Waals surface area contributed by atoms with Crippen molar-refractivity contribution in [2.75, 3.05) is 11.1 Å². The van der Waals surface area contributed by atoms with Crippen LogP contribution in [-0.4, -0.2) is 42.9 Å². The third-order valence-electron chi connectivity index (χ3n) is 3.84. The second-order valence-electron chi connectivity index (χ2n) is 5.73. The number of carbonyl (C=O) groups is 2. The molecule has 0 spiro atoms. The van der Waals surface area contributed by atoms with Gasteiger partial charge in [-0.1, -0.05) is 42.4 Å². The van der Waals surface area contributed by atoms with Gasteiger partial charge in [-0.05, 0) is 52.7 Å². The van der Waals surface area contributed by atoms with Crippen LogP contribution in [0.15, 0.2) is 47.6 Å². The molecule has 0 aliphatic rings. The maximum absolute atomic E-state index is 12.2. The van der Waals surface area contributed by atoms with Gasteiger partial charge in [0, 0.05) is 5.69 Å². The Balaban J connectivity index is 1.68. The summed E-state index contributed by atoms with van der Waals surface area (Å²) in [5.41, 5.74) is 2.28. The van der Waals surface area contributed by atoms with Crippen LogP contribution < -0.4 is 5.32 Å². The molecule has 3 aromatic rings. The lowest BCUT2D eigenvalue weighted by molar-refractivity contribution is -0.113. The van der Waals surface area contributed by atoms with Gasteiger partial charge in [0.2, 0.25) is 11.1 Å². The highest BCUT2D eigenvalue weighted by Crippen LogP contribution is 2.23. The first-order chi connectivity index (χ1) is 13.5. The molecule has 0 bridgehead atoms. The molecule has 10 heteroatoms. The van der Waals surface area contributed by atoms with Crippen molar-refractivity contribution in [3.63, 3.8) is 0 Å². The van der Waals surface area contributed by atoms with Crippen molar-refractivity contribution in [1.82, 2.24) is 20.2 Å². The van der Waals surface area contributed by atoms with Gasteiger partial charge >= 0.3 is 5.97 Å². The summed E-state index contributed by atoms with van der Waals surface area (Å²) in [5, 5.41) is 23.9. The van der Waals surface area contributed by atoms with Gasteiger partial charge in [0.05, 0.1) is 22.0 Å². The van der Waals surface area contributed by atoms with Crippen molar-refractivity contribution in [3.8, 4) is 5.69 Å². The lowest BCUT2D eigenvalue weighted by Crippen LogP contribution is -2.14. The molecule has 0 radical (unpaired) electrons. The average molecular weight is 418 g/mol. The Morgan fingerprint density at radius 1 is 1.21 bits per heavy atom. The van der Waals surface area contributed by atoms with Crippen LogP contribution in [0.1, 0.15) is 22.8 Å². The number of halogens is 1. The van der Waals surface area contributed by atoms with Crippen LogP contribution in [0.3, 0.4) is 0 Å². The maximum Gasteiger partial charge on any atom is 0.337 e. The first kappa shape index (κ1) is 19.8. The largest absolute Gasteiger partial charge is 0.478 e. The van der Waals surface area contributed by atoms with E-state index >= 15 is 0 Å². The Morgan fingerprint density at radius 3 is 2.64 bits per heavy atom. The quantitative estimate of drug-likeness (QED) is 0.567. The average Bonchev–Trinajstić information content (AvgIpc) is 3.16. The van der Waals surface area contributed by atoms with E-state index in [4.69, 9.17) is 11.6 Å². The highest BCUT2D eigenvalue weighted by atomic mass is 35.5. The van der Waals surface area contributed by atoms with E-state index in [0.29, 0.717) is 16.5 Å². The number of amides is 1. The molecule has 1 heterocycles. The summed E-state index contributed by atoms with van der Waals surface area (Å²) in [7, 11) is 0. The maximum atomic E-state index is 12.2. The van der Waals surface area contributed by atoms with Crippen LogP contribution in [0.25, 0.3) is 5.69 Å². The third-order valence-corrected chi connectivity index (χ3v) is 5.09. The molecule has 0 aliphatic heterocycles. The standard InChI is InChI=1S/C18H16ClN5O3S/c1-2-11-3-5-12(6-4-11)20-16(25)10-28-18-21-22-23-24(18)13-7-8-15(19)14(9-13)17(26)27/h3-9H,2,10H2,1H3,(H,20,25)(H,26,27). The second-order valence-corrected chi connectivity index (χ2v) is 7.08. The van der Waals surface area contributed by atoms with E-state index in [1.807, 2.05) is 24.3 Å². The van der Waals surface area contributed by atoms with Gasteiger partial charge in [0.1, 0.15) is 0 Å². The zero-order valence-electron chi connectivity index (χ0n) is 14.8. The van der Waals surface area contributed by atoms with Crippen LogP contribution >= 0.6 is 23.4 Å². The molecule has 1 amide bonds. The number of rotatable bonds is 7. The summed E-state index contributed by atoms with van der Waals surface area (Å²) in [6, 6.07) is 12.1. The molecule has 3 rings (SSSR count). The number of tetrazole rings is 1. The number of aromatic nitrogens is 4. The van der Waals surface area contributed by atoms with Crippen molar-refractivity contribution in [1.29, 1.82) is 0 Å². The molecule has 0 aliphatic carbocycles. The Kier molecular flexibility index (Phi) is 6.27. The van der Waals surface area contributed by atoms with Gasteiger partial charge in [-0.25, -0.2) is 4.79 Å². The molecule has 0 saturated heterocycles. The Labute approximate surface area is 169 Å². The van der Waals surface area contributed by atoms with Crippen LogP contribution in [0.5, 0.6) is 0 Å². The van der Waals surface area contributed by atoms with Gasteiger partial charge in [0.25, 0.3) is 0 Å². The van der Waals surface area contributed by atoms with Crippen LogP contribution in [-0.2, 0) is 11.2 Å². The first-order valence-corrected chi connectivity index (χ1v) is 9.67. The molecular formula is C18H16ClN5O3S. The monoisotopic (exact) mass is 417 g/mol. The van der Waals surface area contributed by atoms with Crippen molar-refractivity contribution in [2.45, 2.75) is 18.5 Å². The lowest BCUT2D eigenvalue weighted by Gasteiger charge is -2.07. The number of nitrogens with zero attached hydrogens (tertiary/aromatic N) is 4. The number of nitrogens with one attached hydrogen (secondary N) is 1. The molecule has 0 unspecified atom stereocenters. The molecule has 28 heavy (non-hydrogen) atoms. The number of carboxylic acids is 1. The number of aromatic carboxylic acids is 1. The van der Waals surface area contributed by atoms with E-state index in [2.05, 4.69) is 27.8 Å². The van der Waals surface area contributed by atoms with Gasteiger partial charge in [-0.15, -0.1) is 5.10 Å². The van der Waals surface area contributed by atoms with E-state index < -0.39 is 5.97 Å². The summed E-state index contributed by atoms with van der Waals surface area (Å²) >= 11 is 7.03. The Bertz CT molecular complexity index is 1010. The van der Waals surface area contributed by atoms with Crippen LogP contribution in [0.2, 0.25) is 5.02 Å². The van der Waals surface area contributed by atoms with E-state index in [1.165, 1.54) is 22.4 Å². The minimum Gasteiger partial charge on any atom is -0.478 e. The summed E-state index contributed by atoms with van der Waals surface area (Å²) in [4.78, 5) is 23.4. The number of benzene rings is 2. The molecule has 0 atom stereocenters. The minimum absolute atomic E-state index is 0.0566. The lowest BCUT2D eigenvalue weighted by atomic mass is 10.1. The molecule has 0 saturated carbocycles. The normalized spacial score (nSPS) is 10.6. The number of anilines is 1. The molecule has 8 nitrogen and oxygen atoms in total. The zero-order chi connectivity index (χ0) is 20.1. The summed E-state index contributed by atoms with van der Waals surface area (Å²) < 4.78 is 1.36. The third kappa shape index (κ3) is 4.68. The molecule has 1 aromatic heterocycles. The van der Waals surface area contributed by atoms with E-state index in [0.717, 1.165) is 18.2 Å². The fourth-order valence-electron chi connectivity index (χ4n) is 2.39. The number of carbonyl (C=O) groups excluding carboxylic acids is 1. The molecule has 2 aromatic carbocycles. The predicted octanol–water partition coefficient (Wildman–Crippen LogP) is 3.31. The number of thioether (sulfide) groups is 1. The van der Waals surface area contributed by atoms with Gasteiger partial charge in [0.15, 0.2) is 0 Å². The van der Waals surface area contributed by atoms with Gasteiger partial charge < -0.3 is 10.4 Å². The smallest absolute Gasteiger partial charge is 0.337 e. The van der Waals surface area contributed by atoms with E-state index in [-0.39, 0.29) is 22.2 Å². The molecule has 0 fully saturated rings. The highest BCUT2D eigenvalue weighted by Gasteiger charge is 2.15. The molecule has 144 valence electrons. The van der Waals surface area contributed by atoms with Gasteiger partial charge in [-0.3, -0.25) is 4.79 Å². The van der Waals surface area contributed by atoms with Crippen molar-refractivity contribution in [2.24, 2.45) is 0 Å². The van der Waals surface area contributed by atoms with Crippen molar-refractivity contribution < 1.29 is 14.7 Å². The zero-order valence-corrected chi connectivity index (χ0v) is 16.4. The van der Waals surface area contributed by atoms with E-state index in [9.17, 15) is 14.7 Å². The van der Waals surface area contributed by atoms with Crippen LogP contribution in [0.4, 0.5) is 5.69 Å². The second kappa shape index (κ2) is 8.85. The Morgan fingerprint density at radius 2 is 1.96 bits per heavy atom. The highest BCUT2D eigenvalue weighted by molar-refractivity contribution is 7.99. The fraction of sp³-hybridized carbons (Fsp3) is 0.167. The summed E-state index contributed by atoms with van der Waals surface area (Å²) in [6.45, 7) is 2.06. The summed E-state index contributed by atoms with van der Waals surface area (Å²) in [5.74, 6) is -1.26.